The van der Waals surface area contributed by atoms with Crippen LogP contribution in [0.2, 0.25) is 0 Å². The molecule has 1 aliphatic carbocycles. The van der Waals surface area contributed by atoms with Gasteiger partial charge in [-0.25, -0.2) is 4.98 Å². The van der Waals surface area contributed by atoms with Crippen LogP contribution in [0.3, 0.4) is 0 Å². The zero-order valence-electron chi connectivity index (χ0n) is 7.20. The van der Waals surface area contributed by atoms with Crippen molar-refractivity contribution in [1.29, 1.82) is 0 Å². The highest BCUT2D eigenvalue weighted by molar-refractivity contribution is 5.74. The molecule has 1 fully saturated rings. The van der Waals surface area contributed by atoms with Crippen LogP contribution in [-0.2, 0) is 0 Å². The van der Waals surface area contributed by atoms with Gasteiger partial charge in [0, 0.05) is 12.0 Å². The van der Waals surface area contributed by atoms with Crippen LogP contribution in [0, 0.1) is 0 Å². The van der Waals surface area contributed by atoms with Crippen molar-refractivity contribution in [3.8, 4) is 0 Å². The van der Waals surface area contributed by atoms with Gasteiger partial charge in [0.15, 0.2) is 0 Å². The fourth-order valence-electron chi connectivity index (χ4n) is 1.68. The lowest BCUT2D eigenvalue weighted by atomic mass is 10.3. The number of benzene rings is 1. The summed E-state index contributed by atoms with van der Waals surface area (Å²) in [5, 5.41) is 0. The van der Waals surface area contributed by atoms with Crippen molar-refractivity contribution in [2.45, 2.75) is 18.4 Å². The van der Waals surface area contributed by atoms with Gasteiger partial charge in [-0.2, -0.15) is 0 Å². The van der Waals surface area contributed by atoms with Crippen molar-refractivity contribution >= 4 is 11.0 Å². The van der Waals surface area contributed by atoms with E-state index in [1.54, 1.807) is 0 Å². The average Bonchev–Trinajstić information content (AvgIpc) is 2.74. The van der Waals surface area contributed by atoms with E-state index in [0.29, 0.717) is 12.0 Å². The molecule has 0 radical (unpaired) electrons. The number of rotatable bonds is 1. The summed E-state index contributed by atoms with van der Waals surface area (Å²) in [7, 11) is 0. The number of fused-ring (bicyclic) bond motifs is 1. The third-order valence-corrected chi connectivity index (χ3v) is 2.60. The third kappa shape index (κ3) is 1.04. The first-order valence-corrected chi connectivity index (χ1v) is 4.55. The van der Waals surface area contributed by atoms with Gasteiger partial charge in [-0.05, 0) is 18.6 Å². The minimum Gasteiger partial charge on any atom is -0.342 e. The predicted octanol–water partition coefficient (Wildman–Crippen LogP) is 1.38. The summed E-state index contributed by atoms with van der Waals surface area (Å²) in [6.45, 7) is 0. The van der Waals surface area contributed by atoms with Crippen molar-refractivity contribution in [3.05, 3.63) is 30.1 Å². The Morgan fingerprint density at radius 1 is 1.38 bits per heavy atom. The summed E-state index contributed by atoms with van der Waals surface area (Å²) < 4.78 is 0. The number of aromatic nitrogens is 2. The Balaban J connectivity index is 2.12. The Labute approximate surface area is 76.0 Å². The maximum Gasteiger partial charge on any atom is 0.111 e. The van der Waals surface area contributed by atoms with Gasteiger partial charge in [-0.15, -0.1) is 0 Å². The summed E-state index contributed by atoms with van der Waals surface area (Å²) in [5.74, 6) is 1.51. The number of H-pyrrole nitrogens is 1. The normalized spacial score (nSPS) is 26.5. The van der Waals surface area contributed by atoms with E-state index >= 15 is 0 Å². The van der Waals surface area contributed by atoms with E-state index in [0.717, 1.165) is 23.3 Å². The topological polar surface area (TPSA) is 54.7 Å². The SMILES string of the molecule is NC1CC1c1nc2ccccc2[nH]1. The van der Waals surface area contributed by atoms with E-state index in [2.05, 4.69) is 9.97 Å². The molecule has 66 valence electrons. The summed E-state index contributed by atoms with van der Waals surface area (Å²) in [4.78, 5) is 7.79. The largest absolute Gasteiger partial charge is 0.342 e. The zero-order valence-corrected chi connectivity index (χ0v) is 7.20. The second-order valence-corrected chi connectivity index (χ2v) is 3.65. The van der Waals surface area contributed by atoms with Crippen LogP contribution >= 0.6 is 0 Å². The molecule has 1 aliphatic rings. The summed E-state index contributed by atoms with van der Waals surface area (Å²) in [6, 6.07) is 8.39. The number of nitrogens with one attached hydrogen (secondary N) is 1. The lowest BCUT2D eigenvalue weighted by molar-refractivity contribution is 0.921. The van der Waals surface area contributed by atoms with E-state index in [9.17, 15) is 0 Å². The molecule has 3 N–H and O–H groups in total. The maximum absolute atomic E-state index is 5.76. The molecule has 13 heavy (non-hydrogen) atoms. The number of nitrogens with two attached hydrogens (primary N) is 1. The molecule has 3 rings (SSSR count). The smallest absolute Gasteiger partial charge is 0.111 e. The molecule has 1 aromatic carbocycles. The number of para-hydroxylation sites is 2. The summed E-state index contributed by atoms with van der Waals surface area (Å²) >= 11 is 0. The highest BCUT2D eigenvalue weighted by Crippen LogP contribution is 2.37. The molecule has 0 amide bonds. The number of imidazole rings is 1. The van der Waals surface area contributed by atoms with Gasteiger partial charge in [-0.1, -0.05) is 12.1 Å². The fourth-order valence-corrected chi connectivity index (χ4v) is 1.68. The minimum atomic E-state index is 0.320. The maximum atomic E-state index is 5.76. The quantitative estimate of drug-likeness (QED) is 0.684. The summed E-state index contributed by atoms with van der Waals surface area (Å²) in [5.41, 5.74) is 7.91. The third-order valence-electron chi connectivity index (χ3n) is 2.60. The number of aromatic amines is 1. The molecule has 3 heteroatoms. The van der Waals surface area contributed by atoms with Gasteiger partial charge in [0.1, 0.15) is 5.82 Å². The van der Waals surface area contributed by atoms with Crippen molar-refractivity contribution in [2.24, 2.45) is 5.73 Å². The Morgan fingerprint density at radius 3 is 2.85 bits per heavy atom. The van der Waals surface area contributed by atoms with Gasteiger partial charge in [0.25, 0.3) is 0 Å². The van der Waals surface area contributed by atoms with Gasteiger partial charge in [0.2, 0.25) is 0 Å². The molecular weight excluding hydrogens is 162 g/mol. The predicted molar refractivity (Wildman–Crippen MR) is 51.4 cm³/mol. The van der Waals surface area contributed by atoms with E-state index in [-0.39, 0.29) is 0 Å². The molecule has 0 aliphatic heterocycles. The molecule has 1 heterocycles. The number of hydrogen-bond donors (Lipinski definition) is 2. The van der Waals surface area contributed by atoms with Gasteiger partial charge in [0.05, 0.1) is 11.0 Å². The van der Waals surface area contributed by atoms with Gasteiger partial charge >= 0.3 is 0 Å². The fraction of sp³-hybridized carbons (Fsp3) is 0.300. The Morgan fingerprint density at radius 2 is 2.15 bits per heavy atom. The van der Waals surface area contributed by atoms with Gasteiger partial charge < -0.3 is 10.7 Å². The zero-order chi connectivity index (χ0) is 8.84. The average molecular weight is 173 g/mol. The van der Waals surface area contributed by atoms with E-state index in [1.165, 1.54) is 0 Å². The standard InChI is InChI=1S/C10H11N3/c11-7-5-6(7)10-12-8-3-1-2-4-9(8)13-10/h1-4,6-7H,5,11H2,(H,12,13). The van der Waals surface area contributed by atoms with Crippen LogP contribution in [0.5, 0.6) is 0 Å². The van der Waals surface area contributed by atoms with E-state index in [4.69, 9.17) is 5.73 Å². The highest BCUT2D eigenvalue weighted by atomic mass is 15.0. The minimum absolute atomic E-state index is 0.320. The first-order valence-electron chi connectivity index (χ1n) is 4.55. The molecule has 0 spiro atoms. The van der Waals surface area contributed by atoms with Crippen LogP contribution in [0.25, 0.3) is 11.0 Å². The molecule has 0 bridgehead atoms. The van der Waals surface area contributed by atoms with Crippen molar-refractivity contribution in [3.63, 3.8) is 0 Å². The van der Waals surface area contributed by atoms with Crippen LogP contribution in [-0.4, -0.2) is 16.0 Å². The van der Waals surface area contributed by atoms with E-state index < -0.39 is 0 Å². The number of nitrogens with zero attached hydrogens (tertiary/aromatic N) is 1. The number of hydrogen-bond acceptors (Lipinski definition) is 2. The molecule has 2 atom stereocenters. The first kappa shape index (κ1) is 7.09. The second kappa shape index (κ2) is 2.33. The van der Waals surface area contributed by atoms with Crippen LogP contribution < -0.4 is 5.73 Å². The van der Waals surface area contributed by atoms with Crippen LogP contribution in [0.4, 0.5) is 0 Å². The van der Waals surface area contributed by atoms with E-state index in [1.807, 2.05) is 24.3 Å². The lowest BCUT2D eigenvalue weighted by Crippen LogP contribution is -2.01. The summed E-state index contributed by atoms with van der Waals surface area (Å²) in [6.07, 6.45) is 1.07. The lowest BCUT2D eigenvalue weighted by Gasteiger charge is -1.87. The van der Waals surface area contributed by atoms with Crippen molar-refractivity contribution < 1.29 is 0 Å². The Kier molecular flexibility index (Phi) is 1.27. The molecular formula is C10H11N3. The van der Waals surface area contributed by atoms with Gasteiger partial charge in [-0.3, -0.25) is 0 Å². The highest BCUT2D eigenvalue weighted by Gasteiger charge is 2.37. The second-order valence-electron chi connectivity index (χ2n) is 3.65. The molecule has 1 aromatic heterocycles. The molecule has 0 saturated heterocycles. The molecule has 2 unspecified atom stereocenters. The van der Waals surface area contributed by atoms with Crippen molar-refractivity contribution in [2.75, 3.05) is 0 Å². The molecule has 2 aromatic rings. The molecule has 3 nitrogen and oxygen atoms in total. The monoisotopic (exact) mass is 173 g/mol. The molecule has 1 saturated carbocycles. The van der Waals surface area contributed by atoms with Crippen molar-refractivity contribution in [1.82, 2.24) is 9.97 Å². The van der Waals surface area contributed by atoms with Crippen LogP contribution in [0.15, 0.2) is 24.3 Å². The first-order chi connectivity index (χ1) is 6.34. The van der Waals surface area contributed by atoms with Crippen LogP contribution in [0.1, 0.15) is 18.2 Å². The Bertz CT molecular complexity index is 413. The Hall–Kier alpha value is -1.35.